The lowest BCUT2D eigenvalue weighted by molar-refractivity contribution is -0.117. The number of aliphatic hydroxyl groups excluding tert-OH is 1. The normalized spacial score (nSPS) is 27.7. The number of β-amino-alcohol motifs (C(OH)–C–C–N with tert-alkyl or cyclic N) is 1. The highest BCUT2D eigenvalue weighted by atomic mass is 16.3. The van der Waals surface area contributed by atoms with Gasteiger partial charge < -0.3 is 10.4 Å². The maximum atomic E-state index is 12.6. The van der Waals surface area contributed by atoms with Gasteiger partial charge in [0.05, 0.1) is 12.1 Å². The van der Waals surface area contributed by atoms with Crippen molar-refractivity contribution in [2.45, 2.75) is 83.8 Å². The van der Waals surface area contributed by atoms with Crippen LogP contribution in [0.3, 0.4) is 0 Å². The van der Waals surface area contributed by atoms with Crippen molar-refractivity contribution < 1.29 is 9.90 Å². The highest BCUT2D eigenvalue weighted by Gasteiger charge is 2.32. The van der Waals surface area contributed by atoms with E-state index in [1.165, 1.54) is 50.5 Å². The van der Waals surface area contributed by atoms with E-state index >= 15 is 0 Å². The summed E-state index contributed by atoms with van der Waals surface area (Å²) in [6.07, 6.45) is 14.6. The number of allylic oxidation sites excluding steroid dienone is 3. The van der Waals surface area contributed by atoms with Crippen molar-refractivity contribution in [3.8, 4) is 0 Å². The van der Waals surface area contributed by atoms with Crippen molar-refractivity contribution in [1.82, 2.24) is 5.32 Å². The van der Waals surface area contributed by atoms with E-state index in [4.69, 9.17) is 0 Å². The third-order valence-corrected chi connectivity index (χ3v) is 5.16. The minimum absolute atomic E-state index is 0.184. The molecule has 1 unspecified atom stereocenters. The maximum absolute atomic E-state index is 12.6. The summed E-state index contributed by atoms with van der Waals surface area (Å²) < 4.78 is 0. The number of carbonyl (C=O) groups is 1. The largest absolute Gasteiger partial charge is 0.392 e. The Labute approximate surface area is 141 Å². The predicted octanol–water partition coefficient (Wildman–Crippen LogP) is 3.92. The summed E-state index contributed by atoms with van der Waals surface area (Å²) in [6.45, 7) is 4.95. The van der Waals surface area contributed by atoms with Gasteiger partial charge in [-0.3, -0.25) is 4.79 Å². The molecule has 3 heteroatoms. The van der Waals surface area contributed by atoms with Crippen LogP contribution in [0.2, 0.25) is 0 Å². The van der Waals surface area contributed by atoms with Crippen LogP contribution in [0.4, 0.5) is 0 Å². The number of hydrogen-bond acceptors (Lipinski definition) is 3. The van der Waals surface area contributed by atoms with Crippen LogP contribution in [0.5, 0.6) is 0 Å². The van der Waals surface area contributed by atoms with Gasteiger partial charge in [-0.15, -0.1) is 0 Å². The minimum atomic E-state index is -0.373. The molecule has 0 aromatic rings. The molecule has 2 N–H and O–H groups in total. The third kappa shape index (κ3) is 5.58. The third-order valence-electron chi connectivity index (χ3n) is 5.16. The molecule has 23 heavy (non-hydrogen) atoms. The lowest BCUT2D eigenvalue weighted by Gasteiger charge is -2.23. The van der Waals surface area contributed by atoms with Gasteiger partial charge in [0.25, 0.3) is 0 Å². The molecule has 1 aliphatic heterocycles. The number of aliphatic hydroxyl groups is 1. The average Bonchev–Trinajstić information content (AvgIpc) is 2.97. The number of rotatable bonds is 9. The predicted molar refractivity (Wildman–Crippen MR) is 95.4 cm³/mol. The van der Waals surface area contributed by atoms with E-state index in [9.17, 15) is 9.90 Å². The zero-order chi connectivity index (χ0) is 16.7. The van der Waals surface area contributed by atoms with Crippen LogP contribution in [0.25, 0.3) is 0 Å². The molecule has 3 atom stereocenters. The van der Waals surface area contributed by atoms with E-state index in [-0.39, 0.29) is 17.9 Å². The van der Waals surface area contributed by atoms with Crippen LogP contribution in [0.15, 0.2) is 23.3 Å². The monoisotopic (exact) mass is 319 g/mol. The topological polar surface area (TPSA) is 49.3 Å². The standard InChI is InChI=1S/C20H33NO2/c1-3-4-5-6-7-8-9-16-10-11-18(15(2)12-16)20(23)19-13-17(22)14-21-19/h10-11,15,17,19,21-22H,3-9,12-14H2,1-2H3/t15?,17-,19+/m1/s1. The number of carbonyl (C=O) groups excluding carboxylic acids is 1. The molecule has 0 aromatic carbocycles. The summed E-state index contributed by atoms with van der Waals surface area (Å²) in [5.74, 6) is 0.492. The molecule has 1 fully saturated rings. The van der Waals surface area contributed by atoms with Crippen molar-refractivity contribution in [3.63, 3.8) is 0 Å². The Bertz CT molecular complexity index is 453. The van der Waals surface area contributed by atoms with Crippen molar-refractivity contribution in [2.75, 3.05) is 6.54 Å². The molecule has 1 saturated heterocycles. The van der Waals surface area contributed by atoms with Gasteiger partial charge in [-0.2, -0.15) is 0 Å². The van der Waals surface area contributed by atoms with Crippen LogP contribution < -0.4 is 5.32 Å². The maximum Gasteiger partial charge on any atom is 0.176 e. The molecule has 0 amide bonds. The number of nitrogens with one attached hydrogen (secondary N) is 1. The molecule has 0 bridgehead atoms. The number of Topliss-reactive ketones (excluding diaryl/α,β-unsaturated/α-hetero) is 1. The van der Waals surface area contributed by atoms with Gasteiger partial charge >= 0.3 is 0 Å². The average molecular weight is 319 g/mol. The molecule has 0 radical (unpaired) electrons. The summed E-state index contributed by atoms with van der Waals surface area (Å²) in [7, 11) is 0. The molecule has 1 heterocycles. The van der Waals surface area contributed by atoms with Gasteiger partial charge in [0.2, 0.25) is 0 Å². The summed E-state index contributed by atoms with van der Waals surface area (Å²) in [4.78, 5) is 12.6. The van der Waals surface area contributed by atoms with Crippen LogP contribution in [0.1, 0.15) is 71.6 Å². The molecule has 130 valence electrons. The highest BCUT2D eigenvalue weighted by Crippen LogP contribution is 2.30. The molecular formula is C20H33NO2. The Balaban J connectivity index is 1.79. The molecule has 0 spiro atoms. The second-order valence-electron chi connectivity index (χ2n) is 7.28. The van der Waals surface area contributed by atoms with E-state index in [0.29, 0.717) is 18.9 Å². The summed E-state index contributed by atoms with van der Waals surface area (Å²) >= 11 is 0. The number of ketones is 1. The molecule has 0 aromatic heterocycles. The van der Waals surface area contributed by atoms with Crippen molar-refractivity contribution in [3.05, 3.63) is 23.3 Å². The Morgan fingerprint density at radius 1 is 1.22 bits per heavy atom. The van der Waals surface area contributed by atoms with Gasteiger partial charge in [-0.05, 0) is 37.2 Å². The highest BCUT2D eigenvalue weighted by molar-refractivity contribution is 6.00. The number of hydrogen-bond donors (Lipinski definition) is 2. The fourth-order valence-electron chi connectivity index (χ4n) is 3.70. The van der Waals surface area contributed by atoms with E-state index in [0.717, 1.165) is 12.0 Å². The zero-order valence-corrected chi connectivity index (χ0v) is 14.8. The van der Waals surface area contributed by atoms with Gasteiger partial charge in [-0.1, -0.05) is 63.7 Å². The van der Waals surface area contributed by atoms with Crippen LogP contribution in [-0.2, 0) is 4.79 Å². The summed E-state index contributed by atoms with van der Waals surface area (Å²) in [5.41, 5.74) is 2.42. The van der Waals surface area contributed by atoms with Crippen LogP contribution in [0, 0.1) is 5.92 Å². The van der Waals surface area contributed by atoms with Crippen molar-refractivity contribution >= 4 is 5.78 Å². The van der Waals surface area contributed by atoms with Gasteiger partial charge in [0.15, 0.2) is 5.78 Å². The van der Waals surface area contributed by atoms with Gasteiger partial charge in [0.1, 0.15) is 0 Å². The number of unbranched alkanes of at least 4 members (excludes halogenated alkanes) is 5. The lowest BCUT2D eigenvalue weighted by atomic mass is 9.82. The van der Waals surface area contributed by atoms with Gasteiger partial charge in [-0.25, -0.2) is 0 Å². The van der Waals surface area contributed by atoms with E-state index in [1.807, 2.05) is 6.08 Å². The summed E-state index contributed by atoms with van der Waals surface area (Å²) in [6, 6.07) is -0.188. The molecular weight excluding hydrogens is 286 g/mol. The van der Waals surface area contributed by atoms with Crippen LogP contribution >= 0.6 is 0 Å². The Morgan fingerprint density at radius 2 is 1.96 bits per heavy atom. The van der Waals surface area contributed by atoms with Crippen molar-refractivity contribution in [2.24, 2.45) is 5.92 Å². The fraction of sp³-hybridized carbons (Fsp3) is 0.750. The second kappa shape index (κ2) is 9.39. The molecule has 3 nitrogen and oxygen atoms in total. The van der Waals surface area contributed by atoms with E-state index < -0.39 is 0 Å². The minimum Gasteiger partial charge on any atom is -0.392 e. The Morgan fingerprint density at radius 3 is 2.61 bits per heavy atom. The summed E-state index contributed by atoms with van der Waals surface area (Å²) in [5, 5.41) is 12.7. The SMILES string of the molecule is CCCCCCCCC1=CC=C(C(=O)[C@@H]2C[C@@H](O)CN2)C(C)C1. The quantitative estimate of drug-likeness (QED) is 0.633. The van der Waals surface area contributed by atoms with E-state index in [1.54, 1.807) is 0 Å². The lowest BCUT2D eigenvalue weighted by Crippen LogP contribution is -2.33. The molecule has 2 rings (SSSR count). The Kier molecular flexibility index (Phi) is 7.51. The molecule has 0 saturated carbocycles. The first-order valence-electron chi connectivity index (χ1n) is 9.47. The first kappa shape index (κ1) is 18.4. The zero-order valence-electron chi connectivity index (χ0n) is 14.8. The first-order chi connectivity index (χ1) is 11.1. The smallest absolute Gasteiger partial charge is 0.176 e. The van der Waals surface area contributed by atoms with E-state index in [2.05, 4.69) is 25.2 Å². The molecule has 1 aliphatic carbocycles. The second-order valence-corrected chi connectivity index (χ2v) is 7.28. The van der Waals surface area contributed by atoms with Gasteiger partial charge in [0, 0.05) is 6.54 Å². The first-order valence-corrected chi connectivity index (χ1v) is 9.47. The van der Waals surface area contributed by atoms with Crippen molar-refractivity contribution in [1.29, 1.82) is 0 Å². The van der Waals surface area contributed by atoms with Crippen LogP contribution in [-0.4, -0.2) is 29.6 Å². The Hall–Kier alpha value is -0.930. The molecule has 2 aliphatic rings. The fourth-order valence-corrected chi connectivity index (χ4v) is 3.70.